The Labute approximate surface area is 483 Å². The molecule has 85 heavy (non-hydrogen) atoms. The molecule has 0 spiro atoms. The molecule has 21 N–H and O–H groups in total. The Morgan fingerprint density at radius 2 is 0.776 bits per heavy atom. The van der Waals surface area contributed by atoms with Crippen molar-refractivity contribution in [2.75, 3.05) is 46.2 Å². The molecule has 37 nitrogen and oxygen atoms in total. The Bertz CT molecular complexity index is 2130. The molecule has 7 aliphatic rings. The standard InChI is InChI=1S/C48H81N3O34/c1-12-25(59)33(67)36(70)45(76-12)75-11-22-40(26(60)16(9-73-22)49-13(2)56)82-44-24(51-15(4)58)32(66)39(20(8-55)80-44)83-47-38(72)41(30(64)21(81-47)10-74-46-37(71)34(68)28(62)18(6-53)78-46)84-48-42(35(69)29(63)19(7-54)79-48)85-43-23(50-14(3)57)31(65)27(61)17(5-52)77-43/h12,16-48,52-55,59-72H,5-11H2,1-4H3,(H,49,56)(H,50,57)(H,51,58)/t12-,16-,17+,18+,19+,20+,21+,22+,23+,24+,25+,26+,27+,28+,29+,30+,31+,32+,33+,34-,35-,36-,37-,38-,39+,40+,41-,42-,43-,44-,45-,46-,47-,48+/m0/s1. The summed E-state index contributed by atoms with van der Waals surface area (Å²) in [5.41, 5.74) is 0. The molecule has 7 saturated heterocycles. The normalized spacial score (nSPS) is 48.9. The Morgan fingerprint density at radius 1 is 0.365 bits per heavy atom. The molecule has 0 bridgehead atoms. The van der Waals surface area contributed by atoms with Gasteiger partial charge in [-0.1, -0.05) is 0 Å². The van der Waals surface area contributed by atoms with Gasteiger partial charge in [0.2, 0.25) is 17.7 Å². The highest BCUT2D eigenvalue weighted by Crippen LogP contribution is 2.37. The van der Waals surface area contributed by atoms with Gasteiger partial charge in [-0.05, 0) is 6.92 Å². The molecule has 3 amide bonds. The van der Waals surface area contributed by atoms with E-state index < -0.39 is 266 Å². The summed E-state index contributed by atoms with van der Waals surface area (Å²) < 4.78 is 76.3. The van der Waals surface area contributed by atoms with Crippen molar-refractivity contribution in [3.8, 4) is 0 Å². The molecule has 0 aliphatic carbocycles. The molecule has 7 heterocycles. The molecule has 0 saturated carbocycles. The quantitative estimate of drug-likeness (QED) is 0.0507. The van der Waals surface area contributed by atoms with Crippen LogP contribution in [0.4, 0.5) is 0 Å². The van der Waals surface area contributed by atoms with E-state index in [2.05, 4.69) is 16.0 Å². The molecule has 7 fully saturated rings. The third kappa shape index (κ3) is 15.7. The third-order valence-corrected chi connectivity index (χ3v) is 15.6. The van der Waals surface area contributed by atoms with E-state index in [1.54, 1.807) is 0 Å². The van der Waals surface area contributed by atoms with Gasteiger partial charge in [-0.2, -0.15) is 0 Å². The zero-order valence-electron chi connectivity index (χ0n) is 46.2. The van der Waals surface area contributed by atoms with Crippen molar-refractivity contribution in [3.63, 3.8) is 0 Å². The molecule has 37 heteroatoms. The lowest BCUT2D eigenvalue weighted by atomic mass is 9.94. The fraction of sp³-hybridized carbons (Fsp3) is 0.938. The summed E-state index contributed by atoms with van der Waals surface area (Å²) in [5.74, 6) is -2.28. The van der Waals surface area contributed by atoms with Crippen LogP contribution in [0.2, 0.25) is 0 Å². The van der Waals surface area contributed by atoms with Crippen LogP contribution in [0.5, 0.6) is 0 Å². The van der Waals surface area contributed by atoms with Crippen LogP contribution < -0.4 is 16.0 Å². The van der Waals surface area contributed by atoms with Gasteiger partial charge in [-0.25, -0.2) is 0 Å². The van der Waals surface area contributed by atoms with Gasteiger partial charge in [0.05, 0.1) is 58.4 Å². The summed E-state index contributed by atoms with van der Waals surface area (Å²) >= 11 is 0. The van der Waals surface area contributed by atoms with Crippen molar-refractivity contribution in [3.05, 3.63) is 0 Å². The molecular weight excluding hydrogens is 1160 g/mol. The first kappa shape index (κ1) is 69.6. The van der Waals surface area contributed by atoms with E-state index in [4.69, 9.17) is 61.6 Å². The summed E-state index contributed by atoms with van der Waals surface area (Å²) in [6, 6.07) is -4.67. The minimum Gasteiger partial charge on any atom is -0.394 e. The monoisotopic (exact) mass is 1240 g/mol. The molecule has 0 aromatic heterocycles. The van der Waals surface area contributed by atoms with Gasteiger partial charge < -0.3 is 169 Å². The van der Waals surface area contributed by atoms with Gasteiger partial charge in [0, 0.05) is 20.8 Å². The van der Waals surface area contributed by atoms with Gasteiger partial charge in [-0.3, -0.25) is 14.4 Å². The van der Waals surface area contributed by atoms with Gasteiger partial charge in [0.15, 0.2) is 37.7 Å². The topological polar surface area (TPSA) is 571 Å². The summed E-state index contributed by atoms with van der Waals surface area (Å²) in [5, 5.41) is 203. The van der Waals surface area contributed by atoms with Crippen LogP contribution in [0.1, 0.15) is 27.7 Å². The van der Waals surface area contributed by atoms with E-state index in [-0.39, 0.29) is 6.61 Å². The van der Waals surface area contributed by atoms with Crippen molar-refractivity contribution in [2.45, 2.75) is 236 Å². The number of amides is 3. The lowest BCUT2D eigenvalue weighted by molar-refractivity contribution is -0.394. The average molecular weight is 1240 g/mol. The minimum atomic E-state index is -2.37. The van der Waals surface area contributed by atoms with Crippen LogP contribution in [0.3, 0.4) is 0 Å². The van der Waals surface area contributed by atoms with Crippen LogP contribution in [0, 0.1) is 0 Å². The predicted molar refractivity (Wildman–Crippen MR) is 264 cm³/mol. The minimum absolute atomic E-state index is 0.365. The number of hydrogen-bond donors (Lipinski definition) is 21. The highest BCUT2D eigenvalue weighted by Gasteiger charge is 2.58. The molecule has 0 aromatic carbocycles. The summed E-state index contributed by atoms with van der Waals surface area (Å²) in [4.78, 5) is 37.4. The number of carbonyl (C=O) groups excluding carboxylic acids is 3. The van der Waals surface area contributed by atoms with Crippen LogP contribution in [0.25, 0.3) is 0 Å². The molecule has 0 aromatic rings. The van der Waals surface area contributed by atoms with Gasteiger partial charge >= 0.3 is 0 Å². The number of carbonyl (C=O) groups is 3. The molecule has 7 rings (SSSR count). The second kappa shape index (κ2) is 30.3. The van der Waals surface area contributed by atoms with Crippen molar-refractivity contribution in [1.82, 2.24) is 16.0 Å². The lowest BCUT2D eigenvalue weighted by Crippen LogP contribution is -2.70. The van der Waals surface area contributed by atoms with E-state index in [0.717, 1.165) is 20.8 Å². The maximum absolute atomic E-state index is 12.9. The van der Waals surface area contributed by atoms with E-state index >= 15 is 0 Å². The van der Waals surface area contributed by atoms with Crippen LogP contribution >= 0.6 is 0 Å². The Morgan fingerprint density at radius 3 is 1.33 bits per heavy atom. The van der Waals surface area contributed by atoms with Crippen LogP contribution in [-0.4, -0.2) is 364 Å². The van der Waals surface area contributed by atoms with Crippen molar-refractivity contribution >= 4 is 17.7 Å². The fourth-order valence-corrected chi connectivity index (χ4v) is 10.9. The zero-order chi connectivity index (χ0) is 62.6. The molecule has 0 radical (unpaired) electrons. The first-order valence-corrected chi connectivity index (χ1v) is 27.3. The van der Waals surface area contributed by atoms with E-state index in [1.165, 1.54) is 6.92 Å². The number of rotatable bonds is 21. The number of hydrogen-bond acceptors (Lipinski definition) is 34. The van der Waals surface area contributed by atoms with Gasteiger partial charge in [0.1, 0.15) is 159 Å². The fourth-order valence-electron chi connectivity index (χ4n) is 10.9. The average Bonchev–Trinajstić information content (AvgIpc) is 3.09. The zero-order valence-corrected chi connectivity index (χ0v) is 46.2. The SMILES string of the molecule is CC(=O)N[C@H]1[C@H](O[C@H]2[C@H](O)[C@@H](NC(C)=O)CO[C@@H]2CO[C@H]2O[C@@H](C)[C@@H](O)[C@@H](O)[C@@H]2O)O[C@H](CO)[C@@H](O[C@@H]2O[C@H](CO[C@H]3O[C@H](CO)[C@@H](O)[C@H](O)[C@@H]3O)[C@@H](O)[C@H](O[C@H]3O[C@H](CO)[C@@H](O)[C@H](O)[C@@H]3O[C@@H]3O[C@H](CO)[C@@H](O)[C@H](O)[C@H]3NC(C)=O)[C@@H]2O)[C@@H]1O. The van der Waals surface area contributed by atoms with Crippen molar-refractivity contribution in [2.24, 2.45) is 0 Å². The molecule has 0 unspecified atom stereocenters. The molecular formula is C48H81N3O34. The second-order valence-corrected chi connectivity index (χ2v) is 21.7. The second-order valence-electron chi connectivity index (χ2n) is 21.7. The van der Waals surface area contributed by atoms with Gasteiger partial charge in [-0.15, -0.1) is 0 Å². The first-order chi connectivity index (χ1) is 40.1. The van der Waals surface area contributed by atoms with Crippen LogP contribution in [-0.2, 0) is 76.0 Å². The van der Waals surface area contributed by atoms with Gasteiger partial charge in [0.25, 0.3) is 0 Å². The highest BCUT2D eigenvalue weighted by molar-refractivity contribution is 5.74. The predicted octanol–water partition coefficient (Wildman–Crippen LogP) is -14.1. The number of ether oxygens (including phenoxy) is 13. The van der Waals surface area contributed by atoms with E-state index in [9.17, 15) is 106 Å². The molecule has 7 aliphatic heterocycles. The maximum Gasteiger partial charge on any atom is 0.217 e. The lowest BCUT2D eigenvalue weighted by Gasteiger charge is -2.50. The van der Waals surface area contributed by atoms with E-state index in [1.807, 2.05) is 0 Å². The molecule has 492 valence electrons. The summed E-state index contributed by atoms with van der Waals surface area (Å²) in [6.45, 7) is -1.33. The molecule has 34 atom stereocenters. The smallest absolute Gasteiger partial charge is 0.217 e. The maximum atomic E-state index is 12.9. The Kier molecular flexibility index (Phi) is 24.8. The van der Waals surface area contributed by atoms with Crippen molar-refractivity contribution in [1.29, 1.82) is 0 Å². The number of aliphatic hydroxyl groups excluding tert-OH is 18. The summed E-state index contributed by atoms with van der Waals surface area (Å²) in [6.07, 6.45) is -57.9. The largest absolute Gasteiger partial charge is 0.394 e. The first-order valence-electron chi connectivity index (χ1n) is 27.3. The summed E-state index contributed by atoms with van der Waals surface area (Å²) in [7, 11) is 0. The number of aliphatic hydroxyl groups is 18. The van der Waals surface area contributed by atoms with Crippen LogP contribution in [0.15, 0.2) is 0 Å². The third-order valence-electron chi connectivity index (χ3n) is 15.6. The van der Waals surface area contributed by atoms with Crippen molar-refractivity contribution < 1.29 is 168 Å². The van der Waals surface area contributed by atoms with E-state index in [0.29, 0.717) is 0 Å². The Hall–Kier alpha value is -2.83. The number of nitrogens with one attached hydrogen (secondary N) is 3. The Balaban J connectivity index is 1.19. The highest BCUT2D eigenvalue weighted by atomic mass is 16.8.